The predicted molar refractivity (Wildman–Crippen MR) is 91.8 cm³/mol. The van der Waals surface area contributed by atoms with Crippen molar-refractivity contribution in [2.24, 2.45) is 5.73 Å². The molecule has 0 aliphatic heterocycles. The minimum Gasteiger partial charge on any atom is -0.372 e. The van der Waals surface area contributed by atoms with Crippen molar-refractivity contribution in [2.75, 3.05) is 0 Å². The Labute approximate surface area is 131 Å². The van der Waals surface area contributed by atoms with Crippen molar-refractivity contribution in [1.29, 1.82) is 0 Å². The molecule has 0 unspecified atom stereocenters. The van der Waals surface area contributed by atoms with Gasteiger partial charge in [0.15, 0.2) is 0 Å². The smallest absolute Gasteiger partial charge is 0.204 e. The van der Waals surface area contributed by atoms with Crippen LogP contribution in [0.1, 0.15) is 26.3 Å². The fraction of sp³-hybridized carbons (Fsp3) is 0.211. The number of aromatic nitrogens is 1. The third-order valence-electron chi connectivity index (χ3n) is 3.61. The van der Waals surface area contributed by atoms with Crippen molar-refractivity contribution in [3.05, 3.63) is 66.4 Å². The van der Waals surface area contributed by atoms with Gasteiger partial charge in [-0.3, -0.25) is 4.79 Å². The molecule has 2 heterocycles. The Morgan fingerprint density at radius 3 is 2.18 bits per heavy atom. The molecule has 0 fully saturated rings. The molecule has 0 spiro atoms. The number of hydrogen-bond donors (Lipinski definition) is 1. The second-order valence-electron chi connectivity index (χ2n) is 6.18. The molecule has 2 aromatic heterocycles. The lowest BCUT2D eigenvalue weighted by Gasteiger charge is -2.19. The number of rotatable bonds is 1. The first-order valence-corrected chi connectivity index (χ1v) is 7.30. The minimum absolute atomic E-state index is 0.208. The molecule has 0 radical (unpaired) electrons. The topological polar surface area (TPSA) is 47.5 Å². The van der Waals surface area contributed by atoms with Gasteiger partial charge in [-0.1, -0.05) is 51.1 Å². The first kappa shape index (κ1) is 15.8. The zero-order valence-electron chi connectivity index (χ0n) is 13.3. The average Bonchev–Trinajstić information content (AvgIpc) is 2.91. The van der Waals surface area contributed by atoms with Crippen LogP contribution in [0.25, 0.3) is 16.8 Å². The summed E-state index contributed by atoms with van der Waals surface area (Å²) in [6.07, 6.45) is 2.36. The van der Waals surface area contributed by atoms with Crippen molar-refractivity contribution in [2.45, 2.75) is 26.2 Å². The summed E-state index contributed by atoms with van der Waals surface area (Å²) >= 11 is 0. The molecule has 1 aromatic carbocycles. The average molecular weight is 294 g/mol. The number of hydrogen-bond acceptors (Lipinski definition) is 1. The van der Waals surface area contributed by atoms with E-state index in [9.17, 15) is 0 Å². The Morgan fingerprint density at radius 1 is 0.955 bits per heavy atom. The van der Waals surface area contributed by atoms with Crippen LogP contribution in [0.5, 0.6) is 0 Å². The molecule has 0 saturated heterocycles. The minimum atomic E-state index is 0.208. The van der Waals surface area contributed by atoms with Crippen LogP contribution < -0.4 is 5.73 Å². The van der Waals surface area contributed by atoms with E-state index in [1.807, 2.05) is 0 Å². The highest BCUT2D eigenvalue weighted by Gasteiger charge is 2.13. The number of benzene rings is 1. The predicted octanol–water partition coefficient (Wildman–Crippen LogP) is 4.01. The zero-order chi connectivity index (χ0) is 16.2. The molecule has 114 valence electrons. The standard InChI is InChI=1S/C18H19N.CH3NO/c1-18(2,3)15-9-7-14(8-10-15)17-12-11-16-6-4-5-13-19(16)17;2-1-3/h4-13H,1-3H3;1H,(H2,2,3). The van der Waals surface area contributed by atoms with Crippen LogP contribution in [0.15, 0.2) is 60.8 Å². The van der Waals surface area contributed by atoms with Gasteiger partial charge in [0.1, 0.15) is 0 Å². The Morgan fingerprint density at radius 2 is 1.59 bits per heavy atom. The van der Waals surface area contributed by atoms with E-state index >= 15 is 0 Å². The van der Waals surface area contributed by atoms with Crippen LogP contribution in [0, 0.1) is 0 Å². The first-order valence-electron chi connectivity index (χ1n) is 7.30. The van der Waals surface area contributed by atoms with E-state index in [4.69, 9.17) is 4.79 Å². The monoisotopic (exact) mass is 294 g/mol. The molecule has 3 heteroatoms. The molecule has 0 saturated carbocycles. The summed E-state index contributed by atoms with van der Waals surface area (Å²) in [6, 6.07) is 19.5. The summed E-state index contributed by atoms with van der Waals surface area (Å²) < 4.78 is 2.23. The van der Waals surface area contributed by atoms with Crippen LogP contribution in [-0.2, 0) is 10.2 Å². The van der Waals surface area contributed by atoms with Gasteiger partial charge in [0, 0.05) is 11.7 Å². The molecule has 0 bridgehead atoms. The summed E-state index contributed by atoms with van der Waals surface area (Å²) in [5.41, 5.74) is 9.49. The van der Waals surface area contributed by atoms with Gasteiger partial charge >= 0.3 is 0 Å². The fourth-order valence-corrected chi connectivity index (χ4v) is 2.43. The van der Waals surface area contributed by atoms with Crippen LogP contribution >= 0.6 is 0 Å². The third-order valence-corrected chi connectivity index (χ3v) is 3.61. The molecule has 0 aliphatic rings. The molecule has 22 heavy (non-hydrogen) atoms. The quantitative estimate of drug-likeness (QED) is 0.677. The van der Waals surface area contributed by atoms with Gasteiger partial charge < -0.3 is 10.1 Å². The number of carbonyl (C=O) groups is 1. The zero-order valence-corrected chi connectivity index (χ0v) is 13.3. The Balaban J connectivity index is 0.000000545. The maximum atomic E-state index is 8.58. The second kappa shape index (κ2) is 6.48. The number of nitrogens with zero attached hydrogens (tertiary/aromatic N) is 1. The van der Waals surface area contributed by atoms with Crippen molar-refractivity contribution in [3.8, 4) is 11.3 Å². The van der Waals surface area contributed by atoms with E-state index in [0.717, 1.165) is 0 Å². The lowest BCUT2D eigenvalue weighted by Crippen LogP contribution is -2.10. The molecule has 3 aromatic rings. The molecule has 0 aliphatic carbocycles. The Bertz CT molecular complexity index is 749. The normalized spacial score (nSPS) is 10.9. The van der Waals surface area contributed by atoms with E-state index in [0.29, 0.717) is 0 Å². The van der Waals surface area contributed by atoms with Gasteiger partial charge in [-0.05, 0) is 40.8 Å². The van der Waals surface area contributed by atoms with E-state index < -0.39 is 0 Å². The molecule has 0 atom stereocenters. The van der Waals surface area contributed by atoms with Crippen molar-refractivity contribution in [1.82, 2.24) is 4.40 Å². The van der Waals surface area contributed by atoms with Crippen molar-refractivity contribution >= 4 is 11.9 Å². The summed E-state index contributed by atoms with van der Waals surface area (Å²) in [5, 5.41) is 0. The van der Waals surface area contributed by atoms with Gasteiger partial charge in [-0.2, -0.15) is 0 Å². The van der Waals surface area contributed by atoms with E-state index in [2.05, 4.69) is 91.7 Å². The molecule has 3 rings (SSSR count). The third kappa shape index (κ3) is 3.37. The Hall–Kier alpha value is -2.55. The second-order valence-corrected chi connectivity index (χ2v) is 6.18. The Kier molecular flexibility index (Phi) is 4.66. The highest BCUT2D eigenvalue weighted by atomic mass is 16.1. The first-order chi connectivity index (χ1) is 10.5. The van der Waals surface area contributed by atoms with Gasteiger partial charge in [0.2, 0.25) is 6.41 Å². The molecule has 1 amide bonds. The van der Waals surface area contributed by atoms with E-state index in [1.54, 1.807) is 0 Å². The molecular weight excluding hydrogens is 272 g/mol. The highest BCUT2D eigenvalue weighted by molar-refractivity contribution is 5.67. The summed E-state index contributed by atoms with van der Waals surface area (Å²) in [4.78, 5) is 8.58. The van der Waals surface area contributed by atoms with Gasteiger partial charge in [-0.15, -0.1) is 0 Å². The summed E-state index contributed by atoms with van der Waals surface area (Å²) in [6.45, 7) is 6.73. The van der Waals surface area contributed by atoms with Crippen LogP contribution in [0.4, 0.5) is 0 Å². The number of primary amides is 1. The number of pyridine rings is 1. The maximum Gasteiger partial charge on any atom is 0.204 e. The van der Waals surface area contributed by atoms with Crippen LogP contribution in [0.2, 0.25) is 0 Å². The van der Waals surface area contributed by atoms with Crippen LogP contribution in [-0.4, -0.2) is 10.8 Å². The van der Waals surface area contributed by atoms with Gasteiger partial charge in [0.05, 0.1) is 5.69 Å². The number of amides is 1. The van der Waals surface area contributed by atoms with Crippen molar-refractivity contribution in [3.63, 3.8) is 0 Å². The van der Waals surface area contributed by atoms with Crippen molar-refractivity contribution < 1.29 is 4.79 Å². The van der Waals surface area contributed by atoms with E-state index in [-0.39, 0.29) is 11.8 Å². The maximum absolute atomic E-state index is 8.58. The highest BCUT2D eigenvalue weighted by Crippen LogP contribution is 2.27. The van der Waals surface area contributed by atoms with Gasteiger partial charge in [0.25, 0.3) is 0 Å². The number of carbonyl (C=O) groups excluding carboxylic acids is 1. The lowest BCUT2D eigenvalue weighted by atomic mass is 9.86. The summed E-state index contributed by atoms with van der Waals surface area (Å²) in [5.74, 6) is 0. The van der Waals surface area contributed by atoms with E-state index in [1.165, 1.54) is 22.3 Å². The number of fused-ring (bicyclic) bond motifs is 1. The SMILES string of the molecule is CC(C)(C)c1ccc(-c2ccc3ccccn23)cc1.NC=O. The van der Waals surface area contributed by atoms with Gasteiger partial charge in [-0.25, -0.2) is 0 Å². The fourth-order valence-electron chi connectivity index (χ4n) is 2.43. The number of nitrogens with two attached hydrogens (primary N) is 1. The molecule has 2 N–H and O–H groups in total. The lowest BCUT2D eigenvalue weighted by molar-refractivity contribution is -0.106. The molecule has 3 nitrogen and oxygen atoms in total. The van der Waals surface area contributed by atoms with Crippen LogP contribution in [0.3, 0.4) is 0 Å². The summed E-state index contributed by atoms with van der Waals surface area (Å²) in [7, 11) is 0. The molecular formula is C19H22N2O. The largest absolute Gasteiger partial charge is 0.372 e.